The molecule has 0 unspecified atom stereocenters. The van der Waals surface area contributed by atoms with E-state index in [9.17, 15) is 9.59 Å². The normalized spacial score (nSPS) is 8.69. The van der Waals surface area contributed by atoms with Gasteiger partial charge in [0.2, 0.25) is 0 Å². The van der Waals surface area contributed by atoms with Gasteiger partial charge in [0.15, 0.2) is 0 Å². The molecule has 1 N–H and O–H groups in total. The second kappa shape index (κ2) is 9.91. The number of carboxylic acid groups (broad SMARTS) is 1. The Morgan fingerprint density at radius 2 is 1.69 bits per heavy atom. The fourth-order valence-corrected chi connectivity index (χ4v) is 0.824. The Bertz CT molecular complexity index is 158. The van der Waals surface area contributed by atoms with Crippen LogP contribution in [0.15, 0.2) is 0 Å². The first-order valence-corrected chi connectivity index (χ1v) is 3.95. The predicted molar refractivity (Wildman–Crippen MR) is 52.7 cm³/mol. The summed E-state index contributed by atoms with van der Waals surface area (Å²) < 4.78 is 4.42. The second-order valence-corrected chi connectivity index (χ2v) is 2.53. The van der Waals surface area contributed by atoms with Gasteiger partial charge in [0.25, 0.3) is 0 Å². The summed E-state index contributed by atoms with van der Waals surface area (Å²) in [5, 5.41) is 8.28. The number of unbranched alkanes of at least 4 members (excludes halogenated alkanes) is 2. The van der Waals surface area contributed by atoms with E-state index in [0.717, 1.165) is 6.42 Å². The van der Waals surface area contributed by atoms with Crippen molar-refractivity contribution in [2.45, 2.75) is 32.1 Å². The third-order valence-corrected chi connectivity index (χ3v) is 1.50. The summed E-state index contributed by atoms with van der Waals surface area (Å²) in [4.78, 5) is 20.6. The molecule has 13 heavy (non-hydrogen) atoms. The van der Waals surface area contributed by atoms with Gasteiger partial charge in [-0.1, -0.05) is 6.42 Å². The zero-order valence-electron chi connectivity index (χ0n) is 7.91. The van der Waals surface area contributed by atoms with E-state index in [0.29, 0.717) is 19.3 Å². The molecular weight excluding hydrogens is 369 g/mol. The van der Waals surface area contributed by atoms with Crippen molar-refractivity contribution in [3.8, 4) is 0 Å². The number of carbonyl (C=O) groups excluding carboxylic acids is 1. The van der Waals surface area contributed by atoms with Crippen molar-refractivity contribution in [2.75, 3.05) is 7.11 Å². The first kappa shape index (κ1) is 15.3. The predicted octanol–water partition coefficient (Wildman–Crippen LogP) is 0.0106. The molecule has 0 saturated carbocycles. The number of esters is 1. The molecule has 0 aliphatic rings. The molecule has 0 aromatic carbocycles. The quantitative estimate of drug-likeness (QED) is 0.397. The maximum absolute atomic E-state index is 10.6. The number of ether oxygens (including phenoxy) is 1. The van der Waals surface area contributed by atoms with Crippen LogP contribution in [0.1, 0.15) is 32.1 Å². The summed E-state index contributed by atoms with van der Waals surface area (Å²) in [6.07, 6.45) is 2.67. The molecule has 0 amide bonds. The van der Waals surface area contributed by atoms with Gasteiger partial charge in [-0.2, -0.15) is 0 Å². The standard InChI is InChI=1S/C8H14O4.Bi.3H/c1-12-8(11)6-4-2-3-5-7(9)10;;;;/h2-6H2,1H3,(H,9,10);;;;. The van der Waals surface area contributed by atoms with Crippen LogP contribution in [0.2, 0.25) is 0 Å². The van der Waals surface area contributed by atoms with E-state index in [1.165, 1.54) is 7.11 Å². The summed E-state index contributed by atoms with van der Waals surface area (Å²) in [5.41, 5.74) is 0. The van der Waals surface area contributed by atoms with E-state index < -0.39 is 5.97 Å². The molecule has 4 nitrogen and oxygen atoms in total. The van der Waals surface area contributed by atoms with Crippen LogP contribution in [0.25, 0.3) is 0 Å². The molecule has 0 bridgehead atoms. The zero-order chi connectivity index (χ0) is 9.40. The average Bonchev–Trinajstić information content (AvgIpc) is 2.03. The van der Waals surface area contributed by atoms with E-state index in [4.69, 9.17) is 5.11 Å². The number of rotatable bonds is 6. The van der Waals surface area contributed by atoms with Crippen LogP contribution in [0.4, 0.5) is 0 Å². The van der Waals surface area contributed by atoms with Crippen LogP contribution >= 0.6 is 0 Å². The number of hydrogen-bond donors (Lipinski definition) is 1. The van der Waals surface area contributed by atoms with E-state index in [1.807, 2.05) is 0 Å². The number of methoxy groups -OCH3 is 1. The Hall–Kier alpha value is -0.177. The van der Waals surface area contributed by atoms with Gasteiger partial charge in [-0.25, -0.2) is 0 Å². The van der Waals surface area contributed by atoms with Crippen molar-refractivity contribution >= 4 is 38.1 Å². The Labute approximate surface area is 96.8 Å². The fraction of sp³-hybridized carbons (Fsp3) is 0.750. The molecular formula is C8H17BiO4. The topological polar surface area (TPSA) is 63.6 Å². The number of carboxylic acids is 1. The Balaban J connectivity index is 0. The monoisotopic (exact) mass is 386 g/mol. The van der Waals surface area contributed by atoms with Crippen LogP contribution in [-0.4, -0.2) is 50.4 Å². The minimum atomic E-state index is -0.784. The molecule has 0 aromatic rings. The van der Waals surface area contributed by atoms with Gasteiger partial charge in [0, 0.05) is 12.8 Å². The molecule has 0 saturated heterocycles. The van der Waals surface area contributed by atoms with E-state index in [2.05, 4.69) is 4.74 Å². The molecule has 0 aliphatic carbocycles. The van der Waals surface area contributed by atoms with Gasteiger partial charge < -0.3 is 9.84 Å². The fourth-order valence-electron chi connectivity index (χ4n) is 0.824. The summed E-state index contributed by atoms with van der Waals surface area (Å²) >= 11 is 0. The third-order valence-electron chi connectivity index (χ3n) is 1.50. The van der Waals surface area contributed by atoms with Crippen molar-refractivity contribution in [2.24, 2.45) is 0 Å². The second-order valence-electron chi connectivity index (χ2n) is 2.53. The van der Waals surface area contributed by atoms with E-state index >= 15 is 0 Å². The average molecular weight is 386 g/mol. The first-order valence-electron chi connectivity index (χ1n) is 3.95. The van der Waals surface area contributed by atoms with Gasteiger partial charge in [0.1, 0.15) is 0 Å². The van der Waals surface area contributed by atoms with Gasteiger partial charge in [0.05, 0.1) is 7.11 Å². The van der Waals surface area contributed by atoms with Crippen LogP contribution in [-0.2, 0) is 14.3 Å². The minimum absolute atomic E-state index is 0. The van der Waals surface area contributed by atoms with Crippen molar-refractivity contribution in [3.05, 3.63) is 0 Å². The Morgan fingerprint density at radius 1 is 1.15 bits per heavy atom. The summed E-state index contributed by atoms with van der Waals surface area (Å²) in [6.45, 7) is 0. The van der Waals surface area contributed by atoms with Crippen molar-refractivity contribution in [1.82, 2.24) is 0 Å². The SMILES string of the molecule is COC(=O)CCCCCC(=O)O.[BiH3]. The van der Waals surface area contributed by atoms with Crippen molar-refractivity contribution < 1.29 is 19.4 Å². The number of carbonyl (C=O) groups is 2. The molecule has 0 aliphatic heterocycles. The molecule has 0 fully saturated rings. The van der Waals surface area contributed by atoms with Gasteiger partial charge in [-0.15, -0.1) is 0 Å². The van der Waals surface area contributed by atoms with Crippen molar-refractivity contribution in [1.29, 1.82) is 0 Å². The van der Waals surface area contributed by atoms with Crippen LogP contribution in [0, 0.1) is 0 Å². The number of hydrogen-bond acceptors (Lipinski definition) is 3. The molecule has 78 valence electrons. The van der Waals surface area contributed by atoms with Crippen molar-refractivity contribution in [3.63, 3.8) is 0 Å². The van der Waals surface area contributed by atoms with E-state index in [-0.39, 0.29) is 38.6 Å². The molecule has 0 atom stereocenters. The van der Waals surface area contributed by atoms with E-state index in [1.54, 1.807) is 0 Å². The van der Waals surface area contributed by atoms with Crippen LogP contribution in [0.5, 0.6) is 0 Å². The zero-order valence-corrected chi connectivity index (χ0v) is 13.4. The Kier molecular flexibility index (Phi) is 11.7. The first-order chi connectivity index (χ1) is 5.66. The molecule has 0 radical (unpaired) electrons. The van der Waals surface area contributed by atoms with Gasteiger partial charge >= 0.3 is 38.1 Å². The molecule has 0 heterocycles. The number of aliphatic carboxylic acids is 1. The summed E-state index contributed by atoms with van der Waals surface area (Å²) in [6, 6.07) is 0. The van der Waals surface area contributed by atoms with Gasteiger partial charge in [-0.3, -0.25) is 9.59 Å². The summed E-state index contributed by atoms with van der Waals surface area (Å²) in [7, 11) is 1.35. The van der Waals surface area contributed by atoms with Crippen LogP contribution < -0.4 is 0 Å². The summed E-state index contributed by atoms with van der Waals surface area (Å²) in [5.74, 6) is -1.02. The maximum atomic E-state index is 10.6. The molecule has 0 spiro atoms. The van der Waals surface area contributed by atoms with Crippen LogP contribution in [0.3, 0.4) is 0 Å². The molecule has 5 heteroatoms. The molecule has 0 aromatic heterocycles. The Morgan fingerprint density at radius 3 is 2.15 bits per heavy atom. The van der Waals surface area contributed by atoms with Gasteiger partial charge in [-0.05, 0) is 12.8 Å². The molecule has 0 rings (SSSR count). The third kappa shape index (κ3) is 11.8.